The maximum Gasteiger partial charge on any atom is 0.319 e. The van der Waals surface area contributed by atoms with Gasteiger partial charge in [-0.2, -0.15) is 0 Å². The molecule has 28 heavy (non-hydrogen) atoms. The fourth-order valence-electron chi connectivity index (χ4n) is 2.60. The molecule has 0 heterocycles. The van der Waals surface area contributed by atoms with Gasteiger partial charge in [0.1, 0.15) is 0 Å². The van der Waals surface area contributed by atoms with Crippen molar-refractivity contribution in [1.29, 1.82) is 0 Å². The van der Waals surface area contributed by atoms with E-state index in [1.165, 1.54) is 0 Å². The lowest BCUT2D eigenvalue weighted by Crippen LogP contribution is -2.28. The van der Waals surface area contributed by atoms with Gasteiger partial charge in [-0.15, -0.1) is 0 Å². The Hall–Kier alpha value is 3.03. The molecular weight excluding hydrogens is 775 g/mol. The average molecular weight is 808 g/mol. The summed E-state index contributed by atoms with van der Waals surface area (Å²) in [6.07, 6.45) is 5.14. The predicted molar refractivity (Wildman–Crippen MR) is 145 cm³/mol. The van der Waals surface area contributed by atoms with Gasteiger partial charge in [0, 0.05) is 29.0 Å². The van der Waals surface area contributed by atoms with Crippen LogP contribution in [0.2, 0.25) is 0 Å². The van der Waals surface area contributed by atoms with E-state index in [1.807, 2.05) is 0 Å². The van der Waals surface area contributed by atoms with Crippen molar-refractivity contribution in [3.05, 3.63) is 0 Å². The lowest BCUT2D eigenvalue weighted by atomic mass is 10.1. The Bertz CT molecular complexity index is 390. The van der Waals surface area contributed by atoms with Gasteiger partial charge >= 0.3 is 8.25 Å². The van der Waals surface area contributed by atoms with Crippen molar-refractivity contribution in [2.24, 2.45) is 0 Å². The maximum absolute atomic E-state index is 12.8. The lowest BCUT2D eigenvalue weighted by molar-refractivity contribution is 0.117. The van der Waals surface area contributed by atoms with Crippen molar-refractivity contribution in [2.75, 3.05) is 0 Å². The molecule has 8 atom stereocenters. The molecule has 0 saturated carbocycles. The number of halogens is 6. The zero-order valence-electron chi connectivity index (χ0n) is 16.9. The Kier molecular flexibility index (Phi) is 19.4. The normalized spacial score (nSPS) is 21.9. The minimum Gasteiger partial charge on any atom is -0.306 e. The summed E-state index contributed by atoms with van der Waals surface area (Å²) in [6, 6.07) is 0. The van der Waals surface area contributed by atoms with E-state index in [0.717, 1.165) is 38.5 Å². The van der Waals surface area contributed by atoms with Gasteiger partial charge in [0.2, 0.25) is 0 Å². The van der Waals surface area contributed by atoms with Crippen LogP contribution in [-0.2, 0) is 13.6 Å². The second-order valence-electron chi connectivity index (χ2n) is 7.34. The molecule has 0 radical (unpaired) electrons. The number of hydrogen-bond acceptors (Lipinski definition) is 3. The van der Waals surface area contributed by atoms with Crippen molar-refractivity contribution in [2.45, 2.75) is 107 Å². The molecule has 0 N–H and O–H groups in total. The van der Waals surface area contributed by atoms with Crippen LogP contribution in [0.3, 0.4) is 0 Å². The first-order valence-corrected chi connectivity index (χ1v) is 16.4. The molecule has 0 aliphatic carbocycles. The molecule has 0 aliphatic heterocycles. The van der Waals surface area contributed by atoms with E-state index in [2.05, 4.69) is 123 Å². The van der Waals surface area contributed by atoms with E-state index in [0.29, 0.717) is 9.65 Å². The van der Waals surface area contributed by atoms with Gasteiger partial charge in [-0.3, -0.25) is 4.57 Å². The molecule has 0 rings (SSSR count). The second-order valence-corrected chi connectivity index (χ2v) is 16.9. The van der Waals surface area contributed by atoms with Crippen LogP contribution in [0.25, 0.3) is 0 Å². The third-order valence-corrected chi connectivity index (χ3v) is 8.85. The van der Waals surface area contributed by atoms with Gasteiger partial charge in [-0.05, 0) is 38.5 Å². The molecule has 10 heteroatoms. The minimum absolute atomic E-state index is 0.132. The summed E-state index contributed by atoms with van der Waals surface area (Å²) in [4.78, 5) is 1.70. The molecule has 8 unspecified atom stereocenters. The summed E-state index contributed by atoms with van der Waals surface area (Å²) < 4.78 is 24.6. The van der Waals surface area contributed by atoms with Gasteiger partial charge in [0.15, 0.2) is 0 Å². The first-order chi connectivity index (χ1) is 12.9. The van der Waals surface area contributed by atoms with Gasteiger partial charge < -0.3 is 9.05 Å². The fourth-order valence-corrected chi connectivity index (χ4v) is 6.51. The standard InChI is InChI=1S/C18H33Br6O3P/c1-11(19)5-7-15(23)17(9-13(3)21)26-28(25)27-18(10-14(4)22)16(24)8-6-12(2)20/h11-18,28H,5-10H2,1-4H3. The highest BCUT2D eigenvalue weighted by molar-refractivity contribution is 9.10. The van der Waals surface area contributed by atoms with Crippen LogP contribution in [0.15, 0.2) is 0 Å². The number of hydrogen-bond donors (Lipinski definition) is 0. The smallest absolute Gasteiger partial charge is 0.306 e. The average Bonchev–Trinajstić information content (AvgIpc) is 2.55. The highest BCUT2D eigenvalue weighted by Crippen LogP contribution is 2.38. The van der Waals surface area contributed by atoms with E-state index >= 15 is 0 Å². The first kappa shape index (κ1) is 31.0. The third-order valence-electron chi connectivity index (χ3n) is 4.10. The molecular formula is C18H33Br6O3P. The van der Waals surface area contributed by atoms with Crippen LogP contribution in [0.5, 0.6) is 0 Å². The third kappa shape index (κ3) is 16.6. The van der Waals surface area contributed by atoms with Crippen molar-refractivity contribution < 1.29 is 13.6 Å². The Labute approximate surface area is 222 Å². The van der Waals surface area contributed by atoms with E-state index in [9.17, 15) is 4.57 Å². The molecule has 170 valence electrons. The van der Waals surface area contributed by atoms with Gasteiger partial charge in [0.05, 0.1) is 12.2 Å². The Morgan fingerprint density at radius 1 is 0.607 bits per heavy atom. The topological polar surface area (TPSA) is 35.5 Å². The van der Waals surface area contributed by atoms with Crippen molar-refractivity contribution >= 4 is 104 Å². The second kappa shape index (κ2) is 17.5. The summed E-state index contributed by atoms with van der Waals surface area (Å²) >= 11 is 21.8. The summed E-state index contributed by atoms with van der Waals surface area (Å²) in [7, 11) is -2.62. The van der Waals surface area contributed by atoms with Crippen LogP contribution >= 0.6 is 104 Å². The van der Waals surface area contributed by atoms with Crippen LogP contribution in [-0.4, -0.2) is 41.2 Å². The number of rotatable bonds is 16. The van der Waals surface area contributed by atoms with Crippen LogP contribution in [0.1, 0.15) is 66.2 Å². The Morgan fingerprint density at radius 3 is 1.18 bits per heavy atom. The molecule has 0 saturated heterocycles. The highest BCUT2D eigenvalue weighted by atomic mass is 79.9. The van der Waals surface area contributed by atoms with Crippen molar-refractivity contribution in [3.8, 4) is 0 Å². The molecule has 0 aromatic carbocycles. The first-order valence-electron chi connectivity index (χ1n) is 9.64. The maximum atomic E-state index is 12.8. The van der Waals surface area contributed by atoms with Gasteiger partial charge in [-0.1, -0.05) is 123 Å². The summed E-state index contributed by atoms with van der Waals surface area (Å²) in [5.74, 6) is 0. The van der Waals surface area contributed by atoms with Crippen LogP contribution in [0.4, 0.5) is 0 Å². The molecule has 0 spiro atoms. The Morgan fingerprint density at radius 2 is 0.929 bits per heavy atom. The Balaban J connectivity index is 4.92. The van der Waals surface area contributed by atoms with Crippen LogP contribution < -0.4 is 0 Å². The fraction of sp³-hybridized carbons (Fsp3) is 1.00. The SMILES string of the molecule is CC(Br)CCC(Br)C(CC(C)Br)O[PH](=O)OC(CC(C)Br)C(Br)CCC(C)Br. The lowest BCUT2D eigenvalue weighted by Gasteiger charge is -2.28. The van der Waals surface area contributed by atoms with Crippen molar-refractivity contribution in [1.82, 2.24) is 0 Å². The van der Waals surface area contributed by atoms with Crippen molar-refractivity contribution in [3.63, 3.8) is 0 Å². The summed E-state index contributed by atoms with van der Waals surface area (Å²) in [5, 5.41) is 0. The monoisotopic (exact) mass is 802 g/mol. The largest absolute Gasteiger partial charge is 0.319 e. The molecule has 3 nitrogen and oxygen atoms in total. The van der Waals surface area contributed by atoms with E-state index in [4.69, 9.17) is 9.05 Å². The van der Waals surface area contributed by atoms with E-state index < -0.39 is 8.25 Å². The number of alkyl halides is 6. The highest BCUT2D eigenvalue weighted by Gasteiger charge is 2.28. The molecule has 0 aromatic rings. The van der Waals surface area contributed by atoms with E-state index in [-0.39, 0.29) is 31.5 Å². The van der Waals surface area contributed by atoms with E-state index in [1.54, 1.807) is 0 Å². The zero-order chi connectivity index (χ0) is 21.9. The van der Waals surface area contributed by atoms with Gasteiger partial charge in [0.25, 0.3) is 0 Å². The van der Waals surface area contributed by atoms with Gasteiger partial charge in [-0.25, -0.2) is 0 Å². The predicted octanol–water partition coefficient (Wildman–Crippen LogP) is 9.15. The summed E-state index contributed by atoms with van der Waals surface area (Å²) in [6.45, 7) is 8.41. The summed E-state index contributed by atoms with van der Waals surface area (Å²) in [5.41, 5.74) is 0. The zero-order valence-corrected chi connectivity index (χ0v) is 27.4. The molecule has 0 aliphatic rings. The quantitative estimate of drug-likeness (QED) is 0.115. The molecule has 0 aromatic heterocycles. The molecule has 0 fully saturated rings. The minimum atomic E-state index is -2.62. The molecule has 0 bridgehead atoms. The molecule has 0 amide bonds. The van der Waals surface area contributed by atoms with Crippen LogP contribution in [0, 0.1) is 0 Å².